The summed E-state index contributed by atoms with van der Waals surface area (Å²) in [5.41, 5.74) is 6.98. The number of rotatable bonds is 7. The predicted octanol–water partition coefficient (Wildman–Crippen LogP) is 1.49. The van der Waals surface area contributed by atoms with E-state index in [0.717, 1.165) is 5.57 Å². The normalized spacial score (nSPS) is 11.5. The Hall–Kier alpha value is -1.53. The zero-order chi connectivity index (χ0) is 14.5. The number of nitrogens with zero attached hydrogens (tertiary/aromatic N) is 1. The third-order valence-electron chi connectivity index (χ3n) is 2.46. The Morgan fingerprint density at radius 1 is 1.37 bits per heavy atom. The van der Waals surface area contributed by atoms with Crippen molar-refractivity contribution in [2.24, 2.45) is 0 Å². The average Bonchev–Trinajstić information content (AvgIpc) is 2.30. The number of sulfonamides is 1. The van der Waals surface area contributed by atoms with Gasteiger partial charge in [0.2, 0.25) is 10.0 Å². The van der Waals surface area contributed by atoms with Gasteiger partial charge in [-0.25, -0.2) is 12.7 Å². The second-order valence-electron chi connectivity index (χ2n) is 4.45. The van der Waals surface area contributed by atoms with Crippen LogP contribution < -0.4 is 10.5 Å². The molecule has 0 aliphatic rings. The number of nitrogen functional groups attached to an aromatic ring is 1. The molecule has 0 radical (unpaired) electrons. The number of anilines is 1. The maximum absolute atomic E-state index is 11.9. The lowest BCUT2D eigenvalue weighted by Gasteiger charge is -2.17. The first-order chi connectivity index (χ1) is 8.81. The van der Waals surface area contributed by atoms with E-state index in [2.05, 4.69) is 6.58 Å². The van der Waals surface area contributed by atoms with Gasteiger partial charge in [0.05, 0.1) is 5.75 Å². The lowest BCUT2D eigenvalue weighted by atomic mass is 10.3. The van der Waals surface area contributed by atoms with E-state index in [1.807, 2.05) is 0 Å². The van der Waals surface area contributed by atoms with Gasteiger partial charge in [0, 0.05) is 19.3 Å². The summed E-state index contributed by atoms with van der Waals surface area (Å²) in [7, 11) is -1.78. The SMILES string of the molecule is C=C(C)CN(C)S(=O)(=O)CCOc1ccc(N)cc1. The van der Waals surface area contributed by atoms with Gasteiger partial charge in [0.25, 0.3) is 0 Å². The second kappa shape index (κ2) is 6.58. The third-order valence-corrected chi connectivity index (χ3v) is 4.22. The maximum Gasteiger partial charge on any atom is 0.217 e. The molecule has 1 aromatic rings. The molecule has 5 nitrogen and oxygen atoms in total. The molecule has 0 aliphatic carbocycles. The van der Waals surface area contributed by atoms with E-state index in [0.29, 0.717) is 18.0 Å². The van der Waals surface area contributed by atoms with Gasteiger partial charge >= 0.3 is 0 Å². The van der Waals surface area contributed by atoms with Crippen LogP contribution in [0.1, 0.15) is 6.92 Å². The average molecular weight is 284 g/mol. The molecule has 0 fully saturated rings. The molecule has 0 unspecified atom stereocenters. The second-order valence-corrected chi connectivity index (χ2v) is 6.64. The van der Waals surface area contributed by atoms with E-state index in [9.17, 15) is 8.42 Å². The van der Waals surface area contributed by atoms with Gasteiger partial charge in [-0.2, -0.15) is 0 Å². The van der Waals surface area contributed by atoms with Crippen LogP contribution in [0.2, 0.25) is 0 Å². The van der Waals surface area contributed by atoms with Gasteiger partial charge in [0.1, 0.15) is 12.4 Å². The first kappa shape index (κ1) is 15.5. The van der Waals surface area contributed by atoms with Gasteiger partial charge < -0.3 is 10.5 Å². The highest BCUT2D eigenvalue weighted by atomic mass is 32.2. The van der Waals surface area contributed by atoms with Crippen molar-refractivity contribution in [1.82, 2.24) is 4.31 Å². The molecule has 2 N–H and O–H groups in total. The van der Waals surface area contributed by atoms with Crippen LogP contribution in [0, 0.1) is 0 Å². The third kappa shape index (κ3) is 5.32. The Kier molecular flexibility index (Phi) is 5.38. The zero-order valence-corrected chi connectivity index (χ0v) is 12.1. The summed E-state index contributed by atoms with van der Waals surface area (Å²) in [5, 5.41) is 0. The Morgan fingerprint density at radius 2 is 1.95 bits per heavy atom. The summed E-state index contributed by atoms with van der Waals surface area (Å²) in [6.45, 7) is 5.91. The van der Waals surface area contributed by atoms with Crippen LogP contribution in [-0.2, 0) is 10.0 Å². The molecule has 0 saturated heterocycles. The number of likely N-dealkylation sites (N-methyl/N-ethyl adjacent to an activating group) is 1. The van der Waals surface area contributed by atoms with Crippen molar-refractivity contribution in [2.45, 2.75) is 6.92 Å². The molecule has 19 heavy (non-hydrogen) atoms. The molecule has 106 valence electrons. The summed E-state index contributed by atoms with van der Waals surface area (Å²) in [5.74, 6) is 0.535. The molecular weight excluding hydrogens is 264 g/mol. The van der Waals surface area contributed by atoms with Gasteiger partial charge in [-0.3, -0.25) is 0 Å². The fourth-order valence-electron chi connectivity index (χ4n) is 1.46. The minimum Gasteiger partial charge on any atom is -0.492 e. The number of benzene rings is 1. The summed E-state index contributed by atoms with van der Waals surface area (Å²) < 4.78 is 30.4. The lowest BCUT2D eigenvalue weighted by molar-refractivity contribution is 0.337. The van der Waals surface area contributed by atoms with E-state index in [4.69, 9.17) is 10.5 Å². The largest absolute Gasteiger partial charge is 0.492 e. The van der Waals surface area contributed by atoms with Crippen molar-refractivity contribution in [3.05, 3.63) is 36.4 Å². The monoisotopic (exact) mass is 284 g/mol. The maximum atomic E-state index is 11.9. The Balaban J connectivity index is 2.47. The van der Waals surface area contributed by atoms with E-state index in [1.54, 1.807) is 31.2 Å². The molecule has 6 heteroatoms. The molecule has 0 aromatic heterocycles. The van der Waals surface area contributed by atoms with Crippen LogP contribution in [-0.4, -0.2) is 38.7 Å². The number of hydrogen-bond acceptors (Lipinski definition) is 4. The van der Waals surface area contributed by atoms with Crippen molar-refractivity contribution >= 4 is 15.7 Å². The van der Waals surface area contributed by atoms with Crippen LogP contribution in [0.5, 0.6) is 5.75 Å². The van der Waals surface area contributed by atoms with Gasteiger partial charge in [-0.15, -0.1) is 0 Å². The number of hydrogen-bond donors (Lipinski definition) is 1. The van der Waals surface area contributed by atoms with E-state index < -0.39 is 10.0 Å². The van der Waals surface area contributed by atoms with Crippen molar-refractivity contribution in [3.8, 4) is 5.75 Å². The molecule has 0 heterocycles. The molecular formula is C13H20N2O3S. The standard InChI is InChI=1S/C13H20N2O3S/c1-11(2)10-15(3)19(16,17)9-8-18-13-6-4-12(14)5-7-13/h4-7H,1,8-10,14H2,2-3H3. The van der Waals surface area contributed by atoms with Gasteiger partial charge in [0.15, 0.2) is 0 Å². The summed E-state index contributed by atoms with van der Waals surface area (Å²) >= 11 is 0. The highest BCUT2D eigenvalue weighted by Crippen LogP contribution is 2.13. The number of ether oxygens (including phenoxy) is 1. The molecule has 0 atom stereocenters. The summed E-state index contributed by atoms with van der Waals surface area (Å²) in [4.78, 5) is 0. The van der Waals surface area contributed by atoms with Gasteiger partial charge in [-0.05, 0) is 31.2 Å². The predicted molar refractivity (Wildman–Crippen MR) is 77.6 cm³/mol. The summed E-state index contributed by atoms with van der Waals surface area (Å²) in [6, 6.07) is 6.83. The molecule has 0 aliphatic heterocycles. The fraction of sp³-hybridized carbons (Fsp3) is 0.385. The van der Waals surface area contributed by atoms with Crippen molar-refractivity contribution in [1.29, 1.82) is 0 Å². The Labute approximate surface area is 114 Å². The van der Waals surface area contributed by atoms with Gasteiger partial charge in [-0.1, -0.05) is 12.2 Å². The lowest BCUT2D eigenvalue weighted by Crippen LogP contribution is -2.32. The van der Waals surface area contributed by atoms with Crippen molar-refractivity contribution < 1.29 is 13.2 Å². The van der Waals surface area contributed by atoms with Crippen molar-refractivity contribution in [2.75, 3.05) is 31.7 Å². The molecule has 1 aromatic carbocycles. The molecule has 0 saturated carbocycles. The molecule has 0 amide bonds. The van der Waals surface area contributed by atoms with Crippen LogP contribution in [0.3, 0.4) is 0 Å². The summed E-state index contributed by atoms with van der Waals surface area (Å²) in [6.07, 6.45) is 0. The fourth-order valence-corrected chi connectivity index (χ4v) is 2.49. The van der Waals surface area contributed by atoms with Crippen LogP contribution in [0.15, 0.2) is 36.4 Å². The first-order valence-corrected chi connectivity index (χ1v) is 7.49. The van der Waals surface area contributed by atoms with Crippen LogP contribution >= 0.6 is 0 Å². The van der Waals surface area contributed by atoms with Crippen LogP contribution in [0.25, 0.3) is 0 Å². The van der Waals surface area contributed by atoms with E-state index in [-0.39, 0.29) is 12.4 Å². The molecule has 0 spiro atoms. The Morgan fingerprint density at radius 3 is 2.47 bits per heavy atom. The zero-order valence-electron chi connectivity index (χ0n) is 11.3. The van der Waals surface area contributed by atoms with E-state index >= 15 is 0 Å². The Bertz CT molecular complexity index is 523. The molecule has 1 rings (SSSR count). The minimum absolute atomic E-state index is 0.0683. The smallest absolute Gasteiger partial charge is 0.217 e. The first-order valence-electron chi connectivity index (χ1n) is 5.88. The van der Waals surface area contributed by atoms with E-state index in [1.165, 1.54) is 11.4 Å². The quantitative estimate of drug-likeness (QED) is 0.608. The number of nitrogens with two attached hydrogens (primary N) is 1. The highest BCUT2D eigenvalue weighted by Gasteiger charge is 2.17. The van der Waals surface area contributed by atoms with Crippen molar-refractivity contribution in [3.63, 3.8) is 0 Å². The van der Waals surface area contributed by atoms with Crippen LogP contribution in [0.4, 0.5) is 5.69 Å². The topological polar surface area (TPSA) is 72.6 Å². The minimum atomic E-state index is -3.31. The molecule has 0 bridgehead atoms. The highest BCUT2D eigenvalue weighted by molar-refractivity contribution is 7.89.